The van der Waals surface area contributed by atoms with Crippen LogP contribution in [0.15, 0.2) is 6.07 Å². The normalized spacial score (nSPS) is 10.6. The van der Waals surface area contributed by atoms with Crippen molar-refractivity contribution in [2.24, 2.45) is 0 Å². The molecule has 0 bridgehead atoms. The van der Waals surface area contributed by atoms with Gasteiger partial charge in [0.2, 0.25) is 5.88 Å². The van der Waals surface area contributed by atoms with E-state index < -0.39 is 5.97 Å². The molecular weight excluding hydrogens is 254 g/mol. The van der Waals surface area contributed by atoms with Crippen molar-refractivity contribution in [1.82, 2.24) is 4.98 Å². The zero-order valence-corrected chi connectivity index (χ0v) is 11.9. The molecule has 0 spiro atoms. The highest BCUT2D eigenvalue weighted by Gasteiger charge is 2.21. The van der Waals surface area contributed by atoms with Gasteiger partial charge in [0.25, 0.3) is 0 Å². The Kier molecular flexibility index (Phi) is 5.41. The van der Waals surface area contributed by atoms with E-state index in [4.69, 9.17) is 21.1 Å². The number of ether oxygens (including phenoxy) is 2. The van der Waals surface area contributed by atoms with Gasteiger partial charge < -0.3 is 9.47 Å². The summed E-state index contributed by atoms with van der Waals surface area (Å²) in [6, 6.07) is 1.62. The molecule has 1 aromatic rings. The molecule has 0 radical (unpaired) electrons. The Hall–Kier alpha value is -1.29. The van der Waals surface area contributed by atoms with E-state index in [0.29, 0.717) is 10.7 Å². The Morgan fingerprint density at radius 3 is 2.56 bits per heavy atom. The molecule has 0 atom stereocenters. The highest BCUT2D eigenvalue weighted by molar-refractivity contribution is 6.33. The molecule has 0 saturated heterocycles. The number of esters is 1. The van der Waals surface area contributed by atoms with Gasteiger partial charge in [0, 0.05) is 5.69 Å². The zero-order chi connectivity index (χ0) is 13.7. The first-order valence-electron chi connectivity index (χ1n) is 5.95. The van der Waals surface area contributed by atoms with Crippen molar-refractivity contribution in [1.29, 1.82) is 0 Å². The zero-order valence-electron chi connectivity index (χ0n) is 11.1. The van der Waals surface area contributed by atoms with Crippen LogP contribution < -0.4 is 4.74 Å². The molecular formula is C13H18ClNO3. The molecule has 5 heteroatoms. The molecule has 1 rings (SSSR count). The quantitative estimate of drug-likeness (QED) is 0.770. The highest BCUT2D eigenvalue weighted by Crippen LogP contribution is 2.27. The fourth-order valence-electron chi connectivity index (χ4n) is 1.59. The third kappa shape index (κ3) is 3.35. The lowest BCUT2D eigenvalue weighted by Gasteiger charge is -2.17. The van der Waals surface area contributed by atoms with E-state index in [1.807, 2.05) is 13.8 Å². The van der Waals surface area contributed by atoms with Crippen LogP contribution in [0.25, 0.3) is 0 Å². The second-order valence-electron chi connectivity index (χ2n) is 3.97. The number of carbonyl (C=O) groups is 1. The van der Waals surface area contributed by atoms with Gasteiger partial charge in [0.15, 0.2) is 0 Å². The Bertz CT molecular complexity index is 430. The van der Waals surface area contributed by atoms with Crippen LogP contribution in [0, 0.1) is 6.92 Å². The molecule has 18 heavy (non-hydrogen) atoms. The van der Waals surface area contributed by atoms with Crippen LogP contribution in [-0.2, 0) is 4.74 Å². The standard InChI is InChI=1S/C13H18ClNO3/c1-5-9(6-2)18-12-11(13(16)17-4)10(14)7-8(3)15-12/h7,9H,5-6H2,1-4H3. The van der Waals surface area contributed by atoms with Crippen molar-refractivity contribution in [3.63, 3.8) is 0 Å². The number of rotatable bonds is 5. The molecule has 0 aliphatic heterocycles. The third-order valence-corrected chi connectivity index (χ3v) is 2.94. The van der Waals surface area contributed by atoms with Crippen LogP contribution in [0.2, 0.25) is 5.02 Å². The van der Waals surface area contributed by atoms with Crippen molar-refractivity contribution in [3.8, 4) is 5.88 Å². The Morgan fingerprint density at radius 1 is 1.44 bits per heavy atom. The Labute approximate surface area is 112 Å². The first-order valence-corrected chi connectivity index (χ1v) is 6.33. The molecule has 0 saturated carbocycles. The fraction of sp³-hybridized carbons (Fsp3) is 0.538. The number of hydrogen-bond donors (Lipinski definition) is 0. The van der Waals surface area contributed by atoms with Gasteiger partial charge in [0.1, 0.15) is 5.56 Å². The van der Waals surface area contributed by atoms with Crippen molar-refractivity contribution in [3.05, 3.63) is 22.3 Å². The minimum atomic E-state index is -0.534. The van der Waals surface area contributed by atoms with Crippen molar-refractivity contribution in [2.75, 3.05) is 7.11 Å². The molecule has 100 valence electrons. The number of hydrogen-bond acceptors (Lipinski definition) is 4. The van der Waals surface area contributed by atoms with Gasteiger partial charge in [0.05, 0.1) is 18.2 Å². The maximum absolute atomic E-state index is 11.7. The summed E-state index contributed by atoms with van der Waals surface area (Å²) in [7, 11) is 1.30. The lowest BCUT2D eigenvalue weighted by Crippen LogP contribution is -2.18. The largest absolute Gasteiger partial charge is 0.474 e. The smallest absolute Gasteiger partial charge is 0.344 e. The van der Waals surface area contributed by atoms with Crippen LogP contribution in [0.1, 0.15) is 42.7 Å². The number of methoxy groups -OCH3 is 1. The molecule has 1 aromatic heterocycles. The van der Waals surface area contributed by atoms with Crippen LogP contribution in [0.5, 0.6) is 5.88 Å². The van der Waals surface area contributed by atoms with Crippen molar-refractivity contribution >= 4 is 17.6 Å². The number of aromatic nitrogens is 1. The molecule has 1 heterocycles. The molecule has 0 aromatic carbocycles. The molecule has 0 fully saturated rings. The summed E-state index contributed by atoms with van der Waals surface area (Å²) in [5.41, 5.74) is 0.894. The summed E-state index contributed by atoms with van der Waals surface area (Å²) in [6.07, 6.45) is 1.69. The lowest BCUT2D eigenvalue weighted by molar-refractivity contribution is 0.0591. The summed E-state index contributed by atoms with van der Waals surface area (Å²) in [6.45, 7) is 5.83. The van der Waals surface area contributed by atoms with Crippen LogP contribution in [-0.4, -0.2) is 24.2 Å². The maximum atomic E-state index is 11.7. The van der Waals surface area contributed by atoms with Gasteiger partial charge in [-0.1, -0.05) is 25.4 Å². The van der Waals surface area contributed by atoms with Gasteiger partial charge in [-0.05, 0) is 25.8 Å². The van der Waals surface area contributed by atoms with Gasteiger partial charge >= 0.3 is 5.97 Å². The second kappa shape index (κ2) is 6.59. The number of nitrogens with zero attached hydrogens (tertiary/aromatic N) is 1. The van der Waals surface area contributed by atoms with E-state index in [2.05, 4.69) is 4.98 Å². The summed E-state index contributed by atoms with van der Waals surface area (Å²) in [4.78, 5) is 15.9. The van der Waals surface area contributed by atoms with Crippen LogP contribution in [0.4, 0.5) is 0 Å². The van der Waals surface area contributed by atoms with Gasteiger partial charge in [-0.25, -0.2) is 9.78 Å². The SMILES string of the molecule is CCC(CC)Oc1nc(C)cc(Cl)c1C(=O)OC. The van der Waals surface area contributed by atoms with Gasteiger partial charge in [-0.2, -0.15) is 0 Å². The topological polar surface area (TPSA) is 48.4 Å². The fourth-order valence-corrected chi connectivity index (χ4v) is 1.91. The van der Waals surface area contributed by atoms with Crippen molar-refractivity contribution < 1.29 is 14.3 Å². The van der Waals surface area contributed by atoms with E-state index >= 15 is 0 Å². The van der Waals surface area contributed by atoms with Crippen LogP contribution in [0.3, 0.4) is 0 Å². The Morgan fingerprint density at radius 2 is 2.06 bits per heavy atom. The van der Waals surface area contributed by atoms with E-state index in [1.54, 1.807) is 13.0 Å². The average molecular weight is 272 g/mol. The van der Waals surface area contributed by atoms with Gasteiger partial charge in [-0.3, -0.25) is 0 Å². The number of halogens is 1. The molecule has 0 aliphatic carbocycles. The Balaban J connectivity index is 3.18. The first-order chi connectivity index (χ1) is 8.53. The number of carbonyl (C=O) groups excluding carboxylic acids is 1. The number of pyridine rings is 1. The molecule has 0 amide bonds. The minimum absolute atomic E-state index is 0.0128. The predicted octanol–water partition coefficient (Wildman–Crippen LogP) is 3.40. The summed E-state index contributed by atoms with van der Waals surface area (Å²) in [5.74, 6) is -0.283. The molecule has 0 aliphatic rings. The average Bonchev–Trinajstić information content (AvgIpc) is 2.34. The predicted molar refractivity (Wildman–Crippen MR) is 70.3 cm³/mol. The highest BCUT2D eigenvalue weighted by atomic mass is 35.5. The first kappa shape index (κ1) is 14.8. The maximum Gasteiger partial charge on any atom is 0.344 e. The lowest BCUT2D eigenvalue weighted by atomic mass is 10.2. The van der Waals surface area contributed by atoms with E-state index in [-0.39, 0.29) is 17.5 Å². The van der Waals surface area contributed by atoms with Crippen molar-refractivity contribution in [2.45, 2.75) is 39.7 Å². The van der Waals surface area contributed by atoms with E-state index in [1.165, 1.54) is 7.11 Å². The minimum Gasteiger partial charge on any atom is -0.474 e. The molecule has 0 N–H and O–H groups in total. The third-order valence-electron chi connectivity index (χ3n) is 2.64. The van der Waals surface area contributed by atoms with E-state index in [9.17, 15) is 4.79 Å². The second-order valence-corrected chi connectivity index (χ2v) is 4.38. The summed E-state index contributed by atoms with van der Waals surface area (Å²) < 4.78 is 10.4. The molecule has 0 unspecified atom stereocenters. The number of aryl methyl sites for hydroxylation is 1. The summed E-state index contributed by atoms with van der Waals surface area (Å²) in [5, 5.41) is 0.301. The van der Waals surface area contributed by atoms with E-state index in [0.717, 1.165) is 12.8 Å². The summed E-state index contributed by atoms with van der Waals surface area (Å²) >= 11 is 6.06. The van der Waals surface area contributed by atoms with Crippen LogP contribution >= 0.6 is 11.6 Å². The molecule has 4 nitrogen and oxygen atoms in total. The van der Waals surface area contributed by atoms with Gasteiger partial charge in [-0.15, -0.1) is 0 Å². The monoisotopic (exact) mass is 271 g/mol.